The van der Waals surface area contributed by atoms with E-state index in [1.165, 1.54) is 0 Å². The van der Waals surface area contributed by atoms with Crippen molar-refractivity contribution in [1.82, 2.24) is 20.4 Å². The van der Waals surface area contributed by atoms with Gasteiger partial charge in [0.15, 0.2) is 5.82 Å². The largest absolute Gasteiger partial charge is 0.339 e. The van der Waals surface area contributed by atoms with E-state index in [4.69, 9.17) is 4.52 Å². The number of aromatic nitrogens is 3. The van der Waals surface area contributed by atoms with Crippen molar-refractivity contribution in [2.75, 3.05) is 7.05 Å². The summed E-state index contributed by atoms with van der Waals surface area (Å²) >= 11 is 1.65. The molecule has 0 amide bonds. The second-order valence-corrected chi connectivity index (χ2v) is 4.90. The summed E-state index contributed by atoms with van der Waals surface area (Å²) in [6, 6.07) is 0.361. The Bertz CT molecular complexity index is 440. The molecule has 0 fully saturated rings. The van der Waals surface area contributed by atoms with Gasteiger partial charge >= 0.3 is 0 Å². The molecule has 1 N–H and O–H groups in total. The molecule has 0 aliphatic rings. The van der Waals surface area contributed by atoms with E-state index in [-0.39, 0.29) is 0 Å². The van der Waals surface area contributed by atoms with Gasteiger partial charge < -0.3 is 9.84 Å². The highest BCUT2D eigenvalue weighted by Gasteiger charge is 2.09. The Hall–Kier alpha value is -1.27. The standard InChI is InChI=1S/C11H16N4OS/c1-8(12-2)7-9-14-10(16-15-9)3-4-11-13-5-6-17-11/h5-6,8,12H,3-4,7H2,1-2H3. The summed E-state index contributed by atoms with van der Waals surface area (Å²) in [6.07, 6.45) is 4.22. The lowest BCUT2D eigenvalue weighted by molar-refractivity contribution is 0.371. The second kappa shape index (κ2) is 5.88. The summed E-state index contributed by atoms with van der Waals surface area (Å²) in [6.45, 7) is 2.09. The van der Waals surface area contributed by atoms with Crippen LogP contribution in [0.25, 0.3) is 0 Å². The van der Waals surface area contributed by atoms with Gasteiger partial charge in [0.1, 0.15) is 0 Å². The maximum atomic E-state index is 5.20. The summed E-state index contributed by atoms with van der Waals surface area (Å²) < 4.78 is 5.20. The van der Waals surface area contributed by atoms with Gasteiger partial charge in [-0.15, -0.1) is 11.3 Å². The lowest BCUT2D eigenvalue weighted by Crippen LogP contribution is -2.24. The van der Waals surface area contributed by atoms with Crippen molar-refractivity contribution in [2.45, 2.75) is 32.2 Å². The third kappa shape index (κ3) is 3.61. The van der Waals surface area contributed by atoms with Crippen LogP contribution in [-0.2, 0) is 19.3 Å². The first-order valence-electron chi connectivity index (χ1n) is 5.65. The molecule has 0 saturated carbocycles. The van der Waals surface area contributed by atoms with Crippen LogP contribution in [0.5, 0.6) is 0 Å². The van der Waals surface area contributed by atoms with Crippen LogP contribution >= 0.6 is 11.3 Å². The summed E-state index contributed by atoms with van der Waals surface area (Å²) in [4.78, 5) is 8.58. The van der Waals surface area contributed by atoms with Crippen molar-refractivity contribution < 1.29 is 4.52 Å². The topological polar surface area (TPSA) is 63.8 Å². The maximum absolute atomic E-state index is 5.20. The smallest absolute Gasteiger partial charge is 0.227 e. The molecule has 0 radical (unpaired) electrons. The molecule has 0 aliphatic heterocycles. The van der Waals surface area contributed by atoms with E-state index >= 15 is 0 Å². The molecule has 1 atom stereocenters. The van der Waals surface area contributed by atoms with E-state index in [2.05, 4.69) is 27.4 Å². The minimum absolute atomic E-state index is 0.361. The van der Waals surface area contributed by atoms with Gasteiger partial charge in [0.25, 0.3) is 0 Å². The number of nitrogens with zero attached hydrogens (tertiary/aromatic N) is 3. The number of nitrogens with one attached hydrogen (secondary N) is 1. The highest BCUT2D eigenvalue weighted by atomic mass is 32.1. The third-order valence-corrected chi connectivity index (χ3v) is 3.37. The zero-order valence-electron chi connectivity index (χ0n) is 10.0. The van der Waals surface area contributed by atoms with Gasteiger partial charge in [0.2, 0.25) is 5.89 Å². The lowest BCUT2D eigenvalue weighted by atomic mass is 10.2. The average Bonchev–Trinajstić information content (AvgIpc) is 2.97. The molecule has 1 unspecified atom stereocenters. The Balaban J connectivity index is 1.85. The van der Waals surface area contributed by atoms with Crippen molar-refractivity contribution in [3.8, 4) is 0 Å². The van der Waals surface area contributed by atoms with Crippen LogP contribution in [0.3, 0.4) is 0 Å². The molecule has 2 aromatic rings. The number of hydrogen-bond acceptors (Lipinski definition) is 6. The van der Waals surface area contributed by atoms with Crippen LogP contribution in [0.15, 0.2) is 16.1 Å². The normalized spacial score (nSPS) is 12.8. The molecule has 17 heavy (non-hydrogen) atoms. The number of aryl methyl sites for hydroxylation is 2. The fourth-order valence-electron chi connectivity index (χ4n) is 1.44. The van der Waals surface area contributed by atoms with Gasteiger partial charge in [0.05, 0.1) is 5.01 Å². The van der Waals surface area contributed by atoms with E-state index < -0.39 is 0 Å². The Labute approximate surface area is 104 Å². The minimum Gasteiger partial charge on any atom is -0.339 e. The van der Waals surface area contributed by atoms with Crippen LogP contribution in [0.1, 0.15) is 23.6 Å². The van der Waals surface area contributed by atoms with Gasteiger partial charge in [-0.3, -0.25) is 0 Å². The number of hydrogen-bond donors (Lipinski definition) is 1. The molecule has 92 valence electrons. The summed E-state index contributed by atoms with van der Waals surface area (Å²) in [5.74, 6) is 1.46. The first-order valence-corrected chi connectivity index (χ1v) is 6.53. The predicted molar refractivity (Wildman–Crippen MR) is 66.0 cm³/mol. The van der Waals surface area contributed by atoms with Gasteiger partial charge in [-0.2, -0.15) is 4.98 Å². The monoisotopic (exact) mass is 252 g/mol. The van der Waals surface area contributed by atoms with Crippen LogP contribution in [-0.4, -0.2) is 28.2 Å². The molecule has 0 spiro atoms. The van der Waals surface area contributed by atoms with Crippen molar-refractivity contribution in [3.05, 3.63) is 28.3 Å². The van der Waals surface area contributed by atoms with Crippen molar-refractivity contribution >= 4 is 11.3 Å². The quantitative estimate of drug-likeness (QED) is 0.843. The molecule has 0 aliphatic carbocycles. The van der Waals surface area contributed by atoms with E-state index in [1.807, 2.05) is 18.6 Å². The molecule has 2 aromatic heterocycles. The lowest BCUT2D eigenvalue weighted by Gasteiger charge is -2.04. The summed E-state index contributed by atoms with van der Waals surface area (Å²) in [7, 11) is 1.92. The third-order valence-electron chi connectivity index (χ3n) is 2.53. The SMILES string of the molecule is CNC(C)Cc1noc(CCc2nccs2)n1. The molecule has 0 bridgehead atoms. The van der Waals surface area contributed by atoms with Gasteiger partial charge in [0, 0.05) is 36.9 Å². The highest BCUT2D eigenvalue weighted by molar-refractivity contribution is 7.09. The minimum atomic E-state index is 0.361. The van der Waals surface area contributed by atoms with Crippen LogP contribution in [0, 0.1) is 0 Å². The molecular weight excluding hydrogens is 236 g/mol. The number of thiazole rings is 1. The molecule has 2 rings (SSSR count). The molecule has 0 aromatic carbocycles. The highest BCUT2D eigenvalue weighted by Crippen LogP contribution is 2.09. The zero-order valence-corrected chi connectivity index (χ0v) is 10.8. The molecule has 5 nitrogen and oxygen atoms in total. The van der Waals surface area contributed by atoms with E-state index in [9.17, 15) is 0 Å². The zero-order chi connectivity index (χ0) is 12.1. The molecule has 2 heterocycles. The molecule has 6 heteroatoms. The summed E-state index contributed by atoms with van der Waals surface area (Å²) in [5, 5.41) is 10.2. The molecule has 0 saturated heterocycles. The average molecular weight is 252 g/mol. The van der Waals surface area contributed by atoms with E-state index in [0.717, 1.165) is 30.1 Å². The number of rotatable bonds is 6. The Morgan fingerprint density at radius 3 is 3.06 bits per heavy atom. The van der Waals surface area contributed by atoms with Crippen LogP contribution < -0.4 is 5.32 Å². The Kier molecular flexibility index (Phi) is 4.22. The van der Waals surface area contributed by atoms with Crippen LogP contribution in [0.2, 0.25) is 0 Å². The molecular formula is C11H16N4OS. The van der Waals surface area contributed by atoms with Crippen molar-refractivity contribution in [2.24, 2.45) is 0 Å². The first kappa shape index (κ1) is 12.2. The van der Waals surface area contributed by atoms with Crippen LogP contribution in [0.4, 0.5) is 0 Å². The fourth-order valence-corrected chi connectivity index (χ4v) is 2.06. The van der Waals surface area contributed by atoms with E-state index in [1.54, 1.807) is 11.3 Å². The summed E-state index contributed by atoms with van der Waals surface area (Å²) in [5.41, 5.74) is 0. The van der Waals surface area contributed by atoms with Gasteiger partial charge in [-0.05, 0) is 14.0 Å². The first-order chi connectivity index (χ1) is 8.28. The second-order valence-electron chi connectivity index (χ2n) is 3.92. The van der Waals surface area contributed by atoms with Gasteiger partial charge in [-0.25, -0.2) is 4.98 Å². The Morgan fingerprint density at radius 2 is 2.35 bits per heavy atom. The number of likely N-dealkylation sites (N-methyl/N-ethyl adjacent to an activating group) is 1. The van der Waals surface area contributed by atoms with Crippen molar-refractivity contribution in [1.29, 1.82) is 0 Å². The predicted octanol–water partition coefficient (Wildman–Crippen LogP) is 1.46. The van der Waals surface area contributed by atoms with Crippen molar-refractivity contribution in [3.63, 3.8) is 0 Å². The van der Waals surface area contributed by atoms with E-state index in [0.29, 0.717) is 11.9 Å². The van der Waals surface area contributed by atoms with Gasteiger partial charge in [-0.1, -0.05) is 5.16 Å². The maximum Gasteiger partial charge on any atom is 0.227 e. The fraction of sp³-hybridized carbons (Fsp3) is 0.545. The Morgan fingerprint density at radius 1 is 1.47 bits per heavy atom.